The Morgan fingerprint density at radius 1 is 1.43 bits per heavy atom. The first kappa shape index (κ1) is 10.5. The molecule has 14 heavy (non-hydrogen) atoms. The van der Waals surface area contributed by atoms with Crippen LogP contribution in [0.1, 0.15) is 30.2 Å². The average molecular weight is 196 g/mol. The summed E-state index contributed by atoms with van der Waals surface area (Å²) >= 11 is 0. The van der Waals surface area contributed by atoms with Gasteiger partial charge in [-0.15, -0.1) is 0 Å². The smallest absolute Gasteiger partial charge is 0.313 e. The van der Waals surface area contributed by atoms with Gasteiger partial charge in [-0.3, -0.25) is 9.59 Å². The summed E-state index contributed by atoms with van der Waals surface area (Å²) in [6.45, 7) is 3.49. The Hall–Kier alpha value is -1.58. The first-order valence-corrected chi connectivity index (χ1v) is 4.38. The summed E-state index contributed by atoms with van der Waals surface area (Å²) in [5.74, 6) is 0.218. The van der Waals surface area contributed by atoms with E-state index in [0.29, 0.717) is 12.4 Å². The molecule has 0 aliphatic rings. The minimum atomic E-state index is -0.350. The Bertz CT molecular complexity index is 338. The van der Waals surface area contributed by atoms with E-state index in [9.17, 15) is 9.59 Å². The van der Waals surface area contributed by atoms with Crippen molar-refractivity contribution in [2.45, 2.75) is 20.3 Å². The lowest BCUT2D eigenvalue weighted by Crippen LogP contribution is -2.06. The lowest BCUT2D eigenvalue weighted by Gasteiger charge is -1.98. The Morgan fingerprint density at radius 2 is 2.14 bits per heavy atom. The molecule has 0 aliphatic heterocycles. The lowest BCUT2D eigenvalue weighted by atomic mass is 10.3. The van der Waals surface area contributed by atoms with Gasteiger partial charge in [-0.2, -0.15) is 0 Å². The fraction of sp³-hybridized carbons (Fsp3) is 0.400. The Morgan fingerprint density at radius 3 is 2.64 bits per heavy atom. The van der Waals surface area contributed by atoms with E-state index in [1.54, 1.807) is 19.1 Å². The van der Waals surface area contributed by atoms with E-state index in [0.717, 1.165) is 0 Å². The van der Waals surface area contributed by atoms with Gasteiger partial charge in [-0.1, -0.05) is 0 Å². The Kier molecular flexibility index (Phi) is 3.45. The zero-order valence-corrected chi connectivity index (χ0v) is 8.20. The molecule has 4 heteroatoms. The molecule has 1 heterocycles. The SMILES string of the molecule is CCOC(=O)Cc1ccc(C(C)=O)o1. The Labute approximate surface area is 81.9 Å². The number of furan rings is 1. The quantitative estimate of drug-likeness (QED) is 0.542. The van der Waals surface area contributed by atoms with Gasteiger partial charge in [0.25, 0.3) is 0 Å². The molecule has 0 bridgehead atoms. The van der Waals surface area contributed by atoms with Crippen molar-refractivity contribution in [3.05, 3.63) is 23.7 Å². The molecule has 0 saturated carbocycles. The van der Waals surface area contributed by atoms with E-state index in [4.69, 9.17) is 9.15 Å². The Balaban J connectivity index is 2.59. The van der Waals surface area contributed by atoms with Gasteiger partial charge in [0.1, 0.15) is 12.2 Å². The zero-order chi connectivity index (χ0) is 10.6. The number of hydrogen-bond acceptors (Lipinski definition) is 4. The summed E-state index contributed by atoms with van der Waals surface area (Å²) < 4.78 is 9.84. The van der Waals surface area contributed by atoms with Crippen LogP contribution in [0.15, 0.2) is 16.5 Å². The van der Waals surface area contributed by atoms with Crippen LogP contribution in [-0.4, -0.2) is 18.4 Å². The van der Waals surface area contributed by atoms with Gasteiger partial charge in [0, 0.05) is 6.92 Å². The molecule has 0 N–H and O–H groups in total. The van der Waals surface area contributed by atoms with E-state index < -0.39 is 0 Å². The van der Waals surface area contributed by atoms with Crippen molar-refractivity contribution in [1.29, 1.82) is 0 Å². The molecule has 1 rings (SSSR count). The van der Waals surface area contributed by atoms with Crippen LogP contribution in [-0.2, 0) is 16.0 Å². The monoisotopic (exact) mass is 196 g/mol. The summed E-state index contributed by atoms with van der Waals surface area (Å²) in [5.41, 5.74) is 0. The molecule has 0 radical (unpaired) electrons. The fourth-order valence-electron chi connectivity index (χ4n) is 1.02. The summed E-state index contributed by atoms with van der Waals surface area (Å²) in [6.07, 6.45) is 0.0706. The van der Waals surface area contributed by atoms with Gasteiger partial charge in [-0.25, -0.2) is 0 Å². The summed E-state index contributed by atoms with van der Waals surface area (Å²) in [4.78, 5) is 21.9. The highest BCUT2D eigenvalue weighted by Crippen LogP contribution is 2.09. The summed E-state index contributed by atoms with van der Waals surface area (Å²) in [6, 6.07) is 3.16. The van der Waals surface area contributed by atoms with Crippen LogP contribution in [0.25, 0.3) is 0 Å². The van der Waals surface area contributed by atoms with Gasteiger partial charge < -0.3 is 9.15 Å². The van der Waals surface area contributed by atoms with Crippen molar-refractivity contribution in [1.82, 2.24) is 0 Å². The summed E-state index contributed by atoms with van der Waals surface area (Å²) in [7, 11) is 0. The highest BCUT2D eigenvalue weighted by molar-refractivity contribution is 5.91. The molecule has 0 amide bonds. The molecule has 0 atom stereocenters. The molecule has 1 aromatic rings. The van der Waals surface area contributed by atoms with Crippen LogP contribution in [0.2, 0.25) is 0 Å². The maximum atomic E-state index is 11.0. The minimum absolute atomic E-state index is 0.0706. The number of rotatable bonds is 4. The molecule has 0 aromatic carbocycles. The highest BCUT2D eigenvalue weighted by Gasteiger charge is 2.10. The molecule has 0 unspecified atom stereocenters. The second kappa shape index (κ2) is 4.60. The van der Waals surface area contributed by atoms with E-state index in [-0.39, 0.29) is 23.9 Å². The molecule has 0 fully saturated rings. The zero-order valence-electron chi connectivity index (χ0n) is 8.20. The first-order chi connectivity index (χ1) is 6.63. The molecule has 0 aliphatic carbocycles. The normalized spacial score (nSPS) is 9.86. The third-order valence-corrected chi connectivity index (χ3v) is 1.63. The van der Waals surface area contributed by atoms with Crippen LogP contribution >= 0.6 is 0 Å². The average Bonchev–Trinajstić information content (AvgIpc) is 2.53. The number of esters is 1. The van der Waals surface area contributed by atoms with Crippen molar-refractivity contribution in [2.75, 3.05) is 6.61 Å². The van der Waals surface area contributed by atoms with E-state index in [1.165, 1.54) is 6.92 Å². The molecular weight excluding hydrogens is 184 g/mol. The molecule has 0 spiro atoms. The van der Waals surface area contributed by atoms with Crippen molar-refractivity contribution < 1.29 is 18.7 Å². The van der Waals surface area contributed by atoms with Crippen LogP contribution in [0.3, 0.4) is 0 Å². The predicted molar refractivity (Wildman–Crippen MR) is 49.0 cm³/mol. The van der Waals surface area contributed by atoms with Crippen LogP contribution in [0.5, 0.6) is 0 Å². The number of hydrogen-bond donors (Lipinski definition) is 0. The third kappa shape index (κ3) is 2.73. The maximum Gasteiger partial charge on any atom is 0.313 e. The van der Waals surface area contributed by atoms with Crippen LogP contribution in [0, 0.1) is 0 Å². The highest BCUT2D eigenvalue weighted by atomic mass is 16.5. The number of carbonyl (C=O) groups excluding carboxylic acids is 2. The van der Waals surface area contributed by atoms with E-state index >= 15 is 0 Å². The van der Waals surface area contributed by atoms with Crippen molar-refractivity contribution in [2.24, 2.45) is 0 Å². The largest absolute Gasteiger partial charge is 0.466 e. The van der Waals surface area contributed by atoms with Crippen molar-refractivity contribution in [3.63, 3.8) is 0 Å². The minimum Gasteiger partial charge on any atom is -0.466 e. The number of carbonyl (C=O) groups is 2. The summed E-state index contributed by atoms with van der Waals surface area (Å²) in [5, 5.41) is 0. The number of ether oxygens (including phenoxy) is 1. The third-order valence-electron chi connectivity index (χ3n) is 1.63. The van der Waals surface area contributed by atoms with Crippen LogP contribution < -0.4 is 0 Å². The van der Waals surface area contributed by atoms with Crippen LogP contribution in [0.4, 0.5) is 0 Å². The second-order valence-electron chi connectivity index (χ2n) is 2.80. The van der Waals surface area contributed by atoms with Crippen molar-refractivity contribution in [3.8, 4) is 0 Å². The van der Waals surface area contributed by atoms with Gasteiger partial charge >= 0.3 is 5.97 Å². The number of Topliss-reactive ketones (excluding diaryl/α,β-unsaturated/α-hetero) is 1. The van der Waals surface area contributed by atoms with E-state index in [2.05, 4.69) is 0 Å². The van der Waals surface area contributed by atoms with Gasteiger partial charge in [0.2, 0.25) is 0 Å². The fourth-order valence-corrected chi connectivity index (χ4v) is 1.02. The standard InChI is InChI=1S/C10H12O4/c1-3-13-10(12)6-8-4-5-9(14-8)7(2)11/h4-5H,3,6H2,1-2H3. The van der Waals surface area contributed by atoms with Gasteiger partial charge in [0.05, 0.1) is 6.61 Å². The van der Waals surface area contributed by atoms with E-state index in [1.807, 2.05) is 0 Å². The first-order valence-electron chi connectivity index (χ1n) is 4.38. The molecular formula is C10H12O4. The second-order valence-corrected chi connectivity index (χ2v) is 2.80. The van der Waals surface area contributed by atoms with Gasteiger partial charge in [-0.05, 0) is 19.1 Å². The van der Waals surface area contributed by atoms with Gasteiger partial charge in [0.15, 0.2) is 11.5 Å². The molecule has 0 saturated heterocycles. The molecule has 4 nitrogen and oxygen atoms in total. The predicted octanol–water partition coefficient (Wildman–Crippen LogP) is 1.59. The molecule has 1 aromatic heterocycles. The maximum absolute atomic E-state index is 11.0. The topological polar surface area (TPSA) is 56.5 Å². The lowest BCUT2D eigenvalue weighted by molar-refractivity contribution is -0.142. The molecule has 76 valence electrons. The van der Waals surface area contributed by atoms with Crippen molar-refractivity contribution >= 4 is 11.8 Å². The number of ketones is 1.